The van der Waals surface area contributed by atoms with E-state index in [1.165, 1.54) is 31.2 Å². The average Bonchev–Trinajstić information content (AvgIpc) is 3.26. The highest BCUT2D eigenvalue weighted by Gasteiger charge is 2.23. The third-order valence-corrected chi connectivity index (χ3v) is 5.39. The zero-order valence-electron chi connectivity index (χ0n) is 14.6. The minimum Gasteiger partial charge on any atom is -0.352 e. The van der Waals surface area contributed by atoms with Gasteiger partial charge in [-0.2, -0.15) is 0 Å². The molecule has 0 bridgehead atoms. The maximum absolute atomic E-state index is 12.0. The molecule has 1 aromatic rings. The highest BCUT2D eigenvalue weighted by atomic mass is 16.2. The van der Waals surface area contributed by atoms with Crippen LogP contribution >= 0.6 is 0 Å². The van der Waals surface area contributed by atoms with Crippen LogP contribution in [0.5, 0.6) is 0 Å². The smallest absolute Gasteiger partial charge is 0.226 e. The van der Waals surface area contributed by atoms with Crippen LogP contribution in [-0.4, -0.2) is 18.4 Å². The van der Waals surface area contributed by atoms with E-state index in [1.54, 1.807) is 0 Å². The van der Waals surface area contributed by atoms with E-state index >= 15 is 0 Å². The summed E-state index contributed by atoms with van der Waals surface area (Å²) in [5.41, 5.74) is 3.38. The summed E-state index contributed by atoms with van der Waals surface area (Å²) in [7, 11) is 0. The molecule has 1 N–H and O–H groups in total. The van der Waals surface area contributed by atoms with Crippen molar-refractivity contribution in [2.45, 2.75) is 64.8 Å². The number of fused-ring (bicyclic) bond motifs is 1. The fourth-order valence-corrected chi connectivity index (χ4v) is 3.94. The lowest BCUT2D eigenvalue weighted by atomic mass is 10.0. The van der Waals surface area contributed by atoms with Crippen LogP contribution in [0.1, 0.15) is 63.0 Å². The van der Waals surface area contributed by atoms with Crippen molar-refractivity contribution in [2.75, 3.05) is 11.4 Å². The minimum absolute atomic E-state index is 0.158. The van der Waals surface area contributed by atoms with Crippen LogP contribution in [-0.2, 0) is 22.6 Å². The molecule has 1 aliphatic carbocycles. The van der Waals surface area contributed by atoms with Crippen LogP contribution in [0.15, 0.2) is 18.2 Å². The third-order valence-electron chi connectivity index (χ3n) is 5.39. The van der Waals surface area contributed by atoms with E-state index in [4.69, 9.17) is 0 Å². The number of carbonyl (C=O) groups excluding carboxylic acids is 2. The zero-order chi connectivity index (χ0) is 16.9. The van der Waals surface area contributed by atoms with E-state index in [0.717, 1.165) is 36.6 Å². The van der Waals surface area contributed by atoms with Crippen molar-refractivity contribution in [3.05, 3.63) is 29.3 Å². The largest absolute Gasteiger partial charge is 0.352 e. The van der Waals surface area contributed by atoms with E-state index in [0.29, 0.717) is 19.4 Å². The number of nitrogens with zero attached hydrogens (tertiary/aromatic N) is 1. The quantitative estimate of drug-likeness (QED) is 0.868. The Balaban J connectivity index is 1.49. The van der Waals surface area contributed by atoms with Crippen LogP contribution in [0.3, 0.4) is 0 Å². The van der Waals surface area contributed by atoms with Gasteiger partial charge in [-0.3, -0.25) is 9.59 Å². The molecule has 1 fully saturated rings. The first-order chi connectivity index (χ1) is 11.7. The van der Waals surface area contributed by atoms with Gasteiger partial charge < -0.3 is 10.2 Å². The summed E-state index contributed by atoms with van der Waals surface area (Å²) >= 11 is 0. The van der Waals surface area contributed by atoms with Gasteiger partial charge in [-0.1, -0.05) is 44.7 Å². The van der Waals surface area contributed by atoms with Gasteiger partial charge in [-0.25, -0.2) is 0 Å². The first kappa shape index (κ1) is 17.0. The second kappa shape index (κ2) is 7.82. The molecule has 0 saturated heterocycles. The molecule has 0 unspecified atom stereocenters. The molecular weight excluding hydrogens is 300 g/mol. The lowest BCUT2D eigenvalue weighted by Crippen LogP contribution is -2.27. The molecule has 1 heterocycles. The molecule has 1 saturated carbocycles. The standard InChI is InChI=1S/C20H28N2O2/c1-2-20(24)22-12-11-17-13-16(7-9-18(17)22)14-21-19(23)10-8-15-5-3-4-6-15/h7,9,13,15H,2-6,8,10-12,14H2,1H3,(H,21,23). The summed E-state index contributed by atoms with van der Waals surface area (Å²) in [4.78, 5) is 25.8. The van der Waals surface area contributed by atoms with E-state index < -0.39 is 0 Å². The van der Waals surface area contributed by atoms with E-state index in [1.807, 2.05) is 24.0 Å². The van der Waals surface area contributed by atoms with Crippen LogP contribution < -0.4 is 10.2 Å². The maximum Gasteiger partial charge on any atom is 0.226 e. The van der Waals surface area contributed by atoms with Gasteiger partial charge in [0.15, 0.2) is 0 Å². The molecule has 24 heavy (non-hydrogen) atoms. The van der Waals surface area contributed by atoms with Gasteiger partial charge in [-0.15, -0.1) is 0 Å². The molecule has 2 amide bonds. The van der Waals surface area contributed by atoms with Crippen molar-refractivity contribution >= 4 is 17.5 Å². The summed E-state index contributed by atoms with van der Waals surface area (Å²) in [6, 6.07) is 6.18. The van der Waals surface area contributed by atoms with E-state index in [-0.39, 0.29) is 11.8 Å². The SMILES string of the molecule is CCC(=O)N1CCc2cc(CNC(=O)CCC3CCCC3)ccc21. The highest BCUT2D eigenvalue weighted by Crippen LogP contribution is 2.30. The first-order valence-electron chi connectivity index (χ1n) is 9.36. The molecule has 0 spiro atoms. The van der Waals surface area contributed by atoms with Crippen molar-refractivity contribution in [2.24, 2.45) is 5.92 Å². The Hall–Kier alpha value is -1.84. The van der Waals surface area contributed by atoms with Crippen LogP contribution in [0, 0.1) is 5.92 Å². The summed E-state index contributed by atoms with van der Waals surface area (Å²) in [6.45, 7) is 3.26. The molecule has 130 valence electrons. The lowest BCUT2D eigenvalue weighted by molar-refractivity contribution is -0.121. The Kier molecular flexibility index (Phi) is 5.54. The second-order valence-electron chi connectivity index (χ2n) is 7.08. The molecule has 4 nitrogen and oxygen atoms in total. The molecule has 0 atom stereocenters. The Morgan fingerprint density at radius 2 is 2.04 bits per heavy atom. The molecular formula is C20H28N2O2. The number of nitrogens with one attached hydrogen (secondary N) is 1. The molecule has 0 aromatic heterocycles. The number of hydrogen-bond acceptors (Lipinski definition) is 2. The Morgan fingerprint density at radius 1 is 1.25 bits per heavy atom. The summed E-state index contributed by atoms with van der Waals surface area (Å²) < 4.78 is 0. The van der Waals surface area contributed by atoms with Gasteiger partial charge in [0.05, 0.1) is 0 Å². The van der Waals surface area contributed by atoms with Gasteiger partial charge in [-0.05, 0) is 36.0 Å². The molecule has 1 aliphatic heterocycles. The van der Waals surface area contributed by atoms with Gasteiger partial charge in [0.1, 0.15) is 0 Å². The molecule has 0 radical (unpaired) electrons. The Labute approximate surface area is 144 Å². The number of benzene rings is 1. The number of carbonyl (C=O) groups is 2. The van der Waals surface area contributed by atoms with Crippen molar-refractivity contribution in [1.29, 1.82) is 0 Å². The number of anilines is 1. The lowest BCUT2D eigenvalue weighted by Gasteiger charge is -2.16. The normalized spacial score (nSPS) is 17.1. The number of amides is 2. The highest BCUT2D eigenvalue weighted by molar-refractivity contribution is 5.95. The molecule has 1 aromatic carbocycles. The Bertz CT molecular complexity index is 606. The minimum atomic E-state index is 0.158. The third kappa shape index (κ3) is 3.97. The van der Waals surface area contributed by atoms with Gasteiger partial charge in [0, 0.05) is 31.6 Å². The second-order valence-corrected chi connectivity index (χ2v) is 7.08. The van der Waals surface area contributed by atoms with Crippen molar-refractivity contribution in [3.63, 3.8) is 0 Å². The predicted molar refractivity (Wildman–Crippen MR) is 95.8 cm³/mol. The summed E-state index contributed by atoms with van der Waals surface area (Å²) in [5, 5.41) is 3.04. The van der Waals surface area contributed by atoms with Crippen LogP contribution in [0.4, 0.5) is 5.69 Å². The average molecular weight is 328 g/mol. The molecule has 4 heteroatoms. The fraction of sp³-hybridized carbons (Fsp3) is 0.600. The zero-order valence-corrected chi connectivity index (χ0v) is 14.6. The van der Waals surface area contributed by atoms with Crippen molar-refractivity contribution in [1.82, 2.24) is 5.32 Å². The summed E-state index contributed by atoms with van der Waals surface area (Å²) in [6.07, 6.45) is 8.38. The van der Waals surface area contributed by atoms with Gasteiger partial charge >= 0.3 is 0 Å². The summed E-state index contributed by atoms with van der Waals surface area (Å²) in [5.74, 6) is 1.10. The monoisotopic (exact) mass is 328 g/mol. The molecule has 3 rings (SSSR count). The van der Waals surface area contributed by atoms with Gasteiger partial charge in [0.2, 0.25) is 11.8 Å². The van der Waals surface area contributed by atoms with Crippen molar-refractivity contribution in [3.8, 4) is 0 Å². The topological polar surface area (TPSA) is 49.4 Å². The van der Waals surface area contributed by atoms with Crippen molar-refractivity contribution < 1.29 is 9.59 Å². The maximum atomic E-state index is 12.0. The van der Waals surface area contributed by atoms with Crippen LogP contribution in [0.25, 0.3) is 0 Å². The van der Waals surface area contributed by atoms with E-state index in [2.05, 4.69) is 11.4 Å². The fourth-order valence-electron chi connectivity index (χ4n) is 3.94. The molecule has 2 aliphatic rings. The van der Waals surface area contributed by atoms with Gasteiger partial charge in [0.25, 0.3) is 0 Å². The number of hydrogen-bond donors (Lipinski definition) is 1. The predicted octanol–water partition coefficient (Wildman–Crippen LogP) is 3.57. The van der Waals surface area contributed by atoms with E-state index in [9.17, 15) is 9.59 Å². The number of rotatable bonds is 6. The Morgan fingerprint density at radius 3 is 2.79 bits per heavy atom. The first-order valence-corrected chi connectivity index (χ1v) is 9.36. The van der Waals surface area contributed by atoms with Crippen LogP contribution in [0.2, 0.25) is 0 Å².